The zero-order valence-corrected chi connectivity index (χ0v) is 11.6. The van der Waals surface area contributed by atoms with Crippen molar-refractivity contribution in [3.05, 3.63) is 29.8 Å². The predicted molar refractivity (Wildman–Crippen MR) is 75.1 cm³/mol. The van der Waals surface area contributed by atoms with Crippen LogP contribution in [0.3, 0.4) is 0 Å². The molecule has 1 amide bonds. The molecule has 2 N–H and O–H groups in total. The Bertz CT molecular complexity index is 446. The van der Waals surface area contributed by atoms with Gasteiger partial charge in [-0.3, -0.25) is 4.79 Å². The highest BCUT2D eigenvalue weighted by Gasteiger charge is 2.30. The Kier molecular flexibility index (Phi) is 4.43. The molecule has 1 aliphatic heterocycles. The monoisotopic (exact) mass is 262 g/mol. The lowest BCUT2D eigenvalue weighted by Gasteiger charge is -2.26. The van der Waals surface area contributed by atoms with E-state index in [9.17, 15) is 4.79 Å². The van der Waals surface area contributed by atoms with E-state index in [4.69, 9.17) is 10.5 Å². The van der Waals surface area contributed by atoms with Gasteiger partial charge in [0.05, 0.1) is 13.2 Å². The van der Waals surface area contributed by atoms with Gasteiger partial charge in [-0.05, 0) is 37.8 Å². The minimum Gasteiger partial charge on any atom is -0.496 e. The second kappa shape index (κ2) is 6.06. The van der Waals surface area contributed by atoms with E-state index in [0.29, 0.717) is 0 Å². The predicted octanol–water partition coefficient (Wildman–Crippen LogP) is 1.58. The molecule has 1 unspecified atom stereocenters. The van der Waals surface area contributed by atoms with Crippen molar-refractivity contribution in [2.75, 3.05) is 13.7 Å². The van der Waals surface area contributed by atoms with Crippen LogP contribution >= 0.6 is 0 Å². The molecule has 104 valence electrons. The first-order chi connectivity index (χ1) is 9.13. The number of carbonyl (C=O) groups excluding carboxylic acids is 1. The lowest BCUT2D eigenvalue weighted by Crippen LogP contribution is -2.45. The average molecular weight is 262 g/mol. The molecule has 1 aromatic carbocycles. The van der Waals surface area contributed by atoms with Crippen molar-refractivity contribution in [2.45, 2.75) is 38.3 Å². The van der Waals surface area contributed by atoms with E-state index in [1.807, 2.05) is 23.1 Å². The van der Waals surface area contributed by atoms with E-state index in [0.717, 1.165) is 37.1 Å². The van der Waals surface area contributed by atoms with Gasteiger partial charge in [-0.2, -0.15) is 0 Å². The SMILES string of the molecule is COc1ccccc1CC1CCCN1C(=O)[C@@H](C)N. The Morgan fingerprint density at radius 1 is 1.53 bits per heavy atom. The van der Waals surface area contributed by atoms with Crippen molar-refractivity contribution < 1.29 is 9.53 Å². The van der Waals surface area contributed by atoms with Crippen LogP contribution in [-0.2, 0) is 11.2 Å². The molecule has 1 fully saturated rings. The summed E-state index contributed by atoms with van der Waals surface area (Å²) in [7, 11) is 1.68. The number of hydrogen-bond donors (Lipinski definition) is 1. The molecule has 2 atom stereocenters. The van der Waals surface area contributed by atoms with Crippen LogP contribution in [0.2, 0.25) is 0 Å². The molecule has 0 saturated carbocycles. The largest absolute Gasteiger partial charge is 0.496 e. The maximum atomic E-state index is 12.1. The number of methoxy groups -OCH3 is 1. The number of amides is 1. The number of benzene rings is 1. The highest BCUT2D eigenvalue weighted by Crippen LogP contribution is 2.26. The van der Waals surface area contributed by atoms with Crippen LogP contribution in [0, 0.1) is 0 Å². The second-order valence-corrected chi connectivity index (χ2v) is 5.13. The van der Waals surface area contributed by atoms with E-state index in [2.05, 4.69) is 6.07 Å². The molecule has 0 bridgehead atoms. The molecule has 0 spiro atoms. The van der Waals surface area contributed by atoms with Crippen molar-refractivity contribution in [1.29, 1.82) is 0 Å². The van der Waals surface area contributed by atoms with Crippen LogP contribution in [0.5, 0.6) is 5.75 Å². The van der Waals surface area contributed by atoms with E-state index in [1.54, 1.807) is 14.0 Å². The highest BCUT2D eigenvalue weighted by atomic mass is 16.5. The van der Waals surface area contributed by atoms with Gasteiger partial charge in [-0.15, -0.1) is 0 Å². The second-order valence-electron chi connectivity index (χ2n) is 5.13. The molecule has 1 aliphatic rings. The van der Waals surface area contributed by atoms with E-state index >= 15 is 0 Å². The third kappa shape index (κ3) is 3.07. The summed E-state index contributed by atoms with van der Waals surface area (Å²) in [5.41, 5.74) is 6.86. The van der Waals surface area contributed by atoms with E-state index < -0.39 is 6.04 Å². The Balaban J connectivity index is 2.11. The first kappa shape index (κ1) is 13.9. The lowest BCUT2D eigenvalue weighted by molar-refractivity contribution is -0.132. The number of likely N-dealkylation sites (tertiary alicyclic amines) is 1. The molecular weight excluding hydrogens is 240 g/mol. The number of nitrogens with two attached hydrogens (primary N) is 1. The number of rotatable bonds is 4. The van der Waals surface area contributed by atoms with Gasteiger partial charge in [0.15, 0.2) is 0 Å². The fourth-order valence-electron chi connectivity index (χ4n) is 2.73. The van der Waals surface area contributed by atoms with Gasteiger partial charge in [-0.1, -0.05) is 18.2 Å². The molecule has 1 saturated heterocycles. The summed E-state index contributed by atoms with van der Waals surface area (Å²) < 4.78 is 5.37. The summed E-state index contributed by atoms with van der Waals surface area (Å²) in [5.74, 6) is 0.944. The molecule has 1 aromatic rings. The van der Waals surface area contributed by atoms with Crippen molar-refractivity contribution >= 4 is 5.91 Å². The quantitative estimate of drug-likeness (QED) is 0.896. The van der Waals surface area contributed by atoms with Gasteiger partial charge in [0.1, 0.15) is 5.75 Å². The Hall–Kier alpha value is -1.55. The third-order valence-corrected chi connectivity index (χ3v) is 3.70. The van der Waals surface area contributed by atoms with E-state index in [1.165, 1.54) is 0 Å². The minimum absolute atomic E-state index is 0.0531. The number of carbonyl (C=O) groups is 1. The molecule has 1 heterocycles. The van der Waals surface area contributed by atoms with Gasteiger partial charge in [0, 0.05) is 12.6 Å². The van der Waals surface area contributed by atoms with Crippen LogP contribution in [0.15, 0.2) is 24.3 Å². The maximum absolute atomic E-state index is 12.1. The maximum Gasteiger partial charge on any atom is 0.239 e. The zero-order valence-electron chi connectivity index (χ0n) is 11.6. The molecule has 19 heavy (non-hydrogen) atoms. The van der Waals surface area contributed by atoms with Gasteiger partial charge in [-0.25, -0.2) is 0 Å². The fourth-order valence-corrected chi connectivity index (χ4v) is 2.73. The number of nitrogens with zero attached hydrogens (tertiary/aromatic N) is 1. The van der Waals surface area contributed by atoms with Crippen LogP contribution < -0.4 is 10.5 Å². The van der Waals surface area contributed by atoms with Crippen molar-refractivity contribution in [2.24, 2.45) is 5.73 Å². The molecule has 2 rings (SSSR count). The van der Waals surface area contributed by atoms with Gasteiger partial charge in [0.25, 0.3) is 0 Å². The van der Waals surface area contributed by atoms with Gasteiger partial charge in [0.2, 0.25) is 5.91 Å². The van der Waals surface area contributed by atoms with Crippen molar-refractivity contribution in [3.8, 4) is 5.75 Å². The topological polar surface area (TPSA) is 55.6 Å². The van der Waals surface area contributed by atoms with Crippen LogP contribution in [0.4, 0.5) is 0 Å². The summed E-state index contributed by atoms with van der Waals surface area (Å²) in [6, 6.07) is 7.81. The summed E-state index contributed by atoms with van der Waals surface area (Å²) in [4.78, 5) is 14.0. The van der Waals surface area contributed by atoms with Gasteiger partial charge >= 0.3 is 0 Å². The standard InChI is InChI=1S/C15H22N2O2/c1-11(16)15(18)17-9-5-7-13(17)10-12-6-3-4-8-14(12)19-2/h3-4,6,8,11,13H,5,7,9-10,16H2,1-2H3/t11-,13?/m1/s1. The first-order valence-corrected chi connectivity index (χ1v) is 6.81. The van der Waals surface area contributed by atoms with Crippen LogP contribution in [0.25, 0.3) is 0 Å². The molecule has 4 heteroatoms. The van der Waals surface area contributed by atoms with Crippen molar-refractivity contribution in [1.82, 2.24) is 4.90 Å². The normalized spacial score (nSPS) is 20.4. The average Bonchev–Trinajstić information content (AvgIpc) is 2.86. The zero-order chi connectivity index (χ0) is 13.8. The summed E-state index contributed by atoms with van der Waals surface area (Å²) >= 11 is 0. The Labute approximate surface area is 114 Å². The third-order valence-electron chi connectivity index (χ3n) is 3.70. The molecule has 0 aromatic heterocycles. The van der Waals surface area contributed by atoms with Crippen LogP contribution in [0.1, 0.15) is 25.3 Å². The van der Waals surface area contributed by atoms with Crippen molar-refractivity contribution in [3.63, 3.8) is 0 Å². The number of hydrogen-bond acceptors (Lipinski definition) is 3. The molecule has 4 nitrogen and oxygen atoms in total. The lowest BCUT2D eigenvalue weighted by atomic mass is 10.0. The minimum atomic E-state index is -0.418. The number of para-hydroxylation sites is 1. The highest BCUT2D eigenvalue weighted by molar-refractivity contribution is 5.81. The summed E-state index contributed by atoms with van der Waals surface area (Å²) in [5, 5.41) is 0. The molecule has 0 radical (unpaired) electrons. The summed E-state index contributed by atoms with van der Waals surface area (Å²) in [6.45, 7) is 2.57. The first-order valence-electron chi connectivity index (χ1n) is 6.81. The van der Waals surface area contributed by atoms with Crippen LogP contribution in [-0.4, -0.2) is 36.5 Å². The Morgan fingerprint density at radius 3 is 2.95 bits per heavy atom. The number of ether oxygens (including phenoxy) is 1. The summed E-state index contributed by atoms with van der Waals surface area (Å²) in [6.07, 6.45) is 2.93. The van der Waals surface area contributed by atoms with E-state index in [-0.39, 0.29) is 11.9 Å². The molecule has 0 aliphatic carbocycles. The van der Waals surface area contributed by atoms with Gasteiger partial charge < -0.3 is 15.4 Å². The smallest absolute Gasteiger partial charge is 0.239 e. The Morgan fingerprint density at radius 2 is 2.26 bits per heavy atom. The molecular formula is C15H22N2O2. The fraction of sp³-hybridized carbons (Fsp3) is 0.533.